The fourth-order valence-corrected chi connectivity index (χ4v) is 7.17. The smallest absolute Gasteiger partial charge is 0.326 e. The second-order valence-corrected chi connectivity index (χ2v) is 17.9. The van der Waals surface area contributed by atoms with E-state index in [2.05, 4.69) is 37.2 Å². The average molecular weight is 972 g/mol. The van der Waals surface area contributed by atoms with Gasteiger partial charge in [-0.2, -0.15) is 0 Å². The summed E-state index contributed by atoms with van der Waals surface area (Å²) in [5.74, 6) is -7.17. The number of nitrogens with two attached hydrogens (primary N) is 2. The van der Waals surface area contributed by atoms with Crippen molar-refractivity contribution < 1.29 is 53.0 Å². The first-order valence-corrected chi connectivity index (χ1v) is 23.2. The Kier molecular flexibility index (Phi) is 22.6. The molecule has 0 heterocycles. The summed E-state index contributed by atoms with van der Waals surface area (Å²) in [6.45, 7) is 8.80. The molecule has 0 bridgehead atoms. The molecule has 0 saturated carbocycles. The van der Waals surface area contributed by atoms with Crippen LogP contribution >= 0.6 is 0 Å². The third kappa shape index (κ3) is 18.4. The van der Waals surface area contributed by atoms with Gasteiger partial charge in [-0.15, -0.1) is 0 Å². The molecule has 70 heavy (non-hydrogen) atoms. The molecule has 0 aliphatic carbocycles. The molecule has 0 fully saturated rings. The van der Waals surface area contributed by atoms with Crippen molar-refractivity contribution in [1.82, 2.24) is 37.2 Å². The lowest BCUT2D eigenvalue weighted by Gasteiger charge is -2.37. The van der Waals surface area contributed by atoms with E-state index in [9.17, 15) is 48.3 Å². The SMILES string of the molecule is C[C@H](NC(=O)[C@H](C)NC(=O)[C@H](CCC(=O)NC(c1ccccc1)(c1ccccc1)c1ccccc1)NC(=O)CNC(=O)[C@@H](N)CCC(=O)OC(C)(C)C)C(=O)N[C@@H](C)C(=O)N[C@@H](CCCCN)C(=O)O. The Balaban J connectivity index is 1.77. The van der Waals surface area contributed by atoms with Gasteiger partial charge >= 0.3 is 11.9 Å². The molecule has 3 aromatic carbocycles. The molecule has 380 valence electrons. The van der Waals surface area contributed by atoms with Crippen molar-refractivity contribution in [3.63, 3.8) is 0 Å². The van der Waals surface area contributed by atoms with E-state index < -0.39 is 107 Å². The van der Waals surface area contributed by atoms with Crippen molar-refractivity contribution in [3.8, 4) is 0 Å². The first-order chi connectivity index (χ1) is 33.1. The van der Waals surface area contributed by atoms with E-state index in [4.69, 9.17) is 16.2 Å². The molecule has 0 aromatic heterocycles. The van der Waals surface area contributed by atoms with Crippen molar-refractivity contribution in [2.24, 2.45) is 11.5 Å². The van der Waals surface area contributed by atoms with E-state index in [1.807, 2.05) is 91.0 Å². The summed E-state index contributed by atoms with van der Waals surface area (Å²) in [6, 6.07) is 20.4. The number of carboxylic acids is 1. The lowest BCUT2D eigenvalue weighted by molar-refractivity contribution is -0.155. The van der Waals surface area contributed by atoms with Gasteiger partial charge in [0, 0.05) is 12.8 Å². The zero-order valence-electron chi connectivity index (χ0n) is 40.7. The Morgan fingerprint density at radius 3 is 1.46 bits per heavy atom. The van der Waals surface area contributed by atoms with E-state index in [-0.39, 0.29) is 32.1 Å². The number of carbonyl (C=O) groups excluding carboxylic acids is 8. The predicted octanol–water partition coefficient (Wildman–Crippen LogP) is 1.14. The number of esters is 1. The molecule has 6 atom stereocenters. The summed E-state index contributed by atoms with van der Waals surface area (Å²) in [7, 11) is 0. The Morgan fingerprint density at radius 2 is 1.01 bits per heavy atom. The van der Waals surface area contributed by atoms with Gasteiger partial charge < -0.3 is 58.5 Å². The number of ether oxygens (including phenoxy) is 1. The Hall–Kier alpha value is -7.19. The Labute approximate surface area is 408 Å². The molecule has 12 N–H and O–H groups in total. The lowest BCUT2D eigenvalue weighted by Crippen LogP contribution is -2.57. The van der Waals surface area contributed by atoms with Crippen LogP contribution in [0.3, 0.4) is 0 Å². The fraction of sp³-hybridized carbons (Fsp3) is 0.460. The number of amides is 7. The molecule has 0 aliphatic rings. The van der Waals surface area contributed by atoms with Gasteiger partial charge in [-0.3, -0.25) is 38.4 Å². The van der Waals surface area contributed by atoms with Crippen LogP contribution in [0.1, 0.15) is 103 Å². The van der Waals surface area contributed by atoms with Crippen molar-refractivity contribution in [2.75, 3.05) is 13.1 Å². The Bertz CT molecular complexity index is 2150. The highest BCUT2D eigenvalue weighted by molar-refractivity contribution is 5.96. The number of rotatable bonds is 27. The van der Waals surface area contributed by atoms with Gasteiger partial charge in [0.25, 0.3) is 0 Å². The number of carboxylic acid groups (broad SMARTS) is 1. The van der Waals surface area contributed by atoms with E-state index in [1.165, 1.54) is 20.8 Å². The summed E-state index contributed by atoms with van der Waals surface area (Å²) in [6.07, 6.45) is 0.318. The number of benzene rings is 3. The van der Waals surface area contributed by atoms with E-state index >= 15 is 0 Å². The van der Waals surface area contributed by atoms with Gasteiger partial charge in [0.2, 0.25) is 41.4 Å². The third-order valence-corrected chi connectivity index (χ3v) is 10.9. The van der Waals surface area contributed by atoms with Crippen molar-refractivity contribution >= 4 is 53.3 Å². The molecule has 7 amide bonds. The zero-order chi connectivity index (χ0) is 52.0. The summed E-state index contributed by atoms with van der Waals surface area (Å²) in [5.41, 5.74) is 11.7. The molecule has 20 nitrogen and oxygen atoms in total. The molecule has 0 aliphatic heterocycles. The number of unbranched alkanes of at least 4 members (excludes halogenated alkanes) is 1. The number of hydrogen-bond acceptors (Lipinski definition) is 12. The average Bonchev–Trinajstić information content (AvgIpc) is 3.32. The van der Waals surface area contributed by atoms with Gasteiger partial charge in [-0.25, -0.2) is 4.79 Å². The maximum atomic E-state index is 14.2. The minimum atomic E-state index is -1.45. The molecule has 0 unspecified atom stereocenters. The van der Waals surface area contributed by atoms with Crippen molar-refractivity contribution in [3.05, 3.63) is 108 Å². The second-order valence-electron chi connectivity index (χ2n) is 17.9. The van der Waals surface area contributed by atoms with E-state index in [1.54, 1.807) is 20.8 Å². The van der Waals surface area contributed by atoms with Crippen LogP contribution in [0.2, 0.25) is 0 Å². The molecule has 20 heteroatoms. The van der Waals surface area contributed by atoms with Crippen LogP contribution in [0.15, 0.2) is 91.0 Å². The van der Waals surface area contributed by atoms with E-state index in [0.29, 0.717) is 19.4 Å². The highest BCUT2D eigenvalue weighted by atomic mass is 16.6. The Morgan fingerprint density at radius 1 is 0.557 bits per heavy atom. The third-order valence-electron chi connectivity index (χ3n) is 10.9. The first kappa shape index (κ1) is 57.1. The second kappa shape index (κ2) is 27.7. The lowest BCUT2D eigenvalue weighted by atomic mass is 9.77. The van der Waals surface area contributed by atoms with Crippen LogP contribution in [0.25, 0.3) is 0 Å². The van der Waals surface area contributed by atoms with Crippen molar-refractivity contribution in [1.29, 1.82) is 0 Å². The monoisotopic (exact) mass is 972 g/mol. The standard InChI is InChI=1S/C50H69N9O11/c1-31(43(63)55-33(3)45(65)58-39(48(68)69)24-16-17-29-51)54-44(64)32(2)56-47(67)38(57-41(61)30-53-46(66)37(52)25-28-42(62)70-49(4,5)6)26-27-40(60)59-50(34-18-10-7-11-19-34,35-20-12-8-13-21-35)36-22-14-9-15-23-36/h7-15,18-23,31-33,37-39H,16-17,24-30,51-52H2,1-6H3,(H,53,66)(H,54,64)(H,55,63)(H,56,67)(H,57,61)(H,58,65)(H,59,60)(H,68,69)/t31-,32-,33-,37-,38-,39-/m0/s1. The highest BCUT2D eigenvalue weighted by Crippen LogP contribution is 2.37. The fourth-order valence-electron chi connectivity index (χ4n) is 7.17. The normalized spacial score (nSPS) is 13.9. The molecular weight excluding hydrogens is 903 g/mol. The molecule has 0 saturated heterocycles. The van der Waals surface area contributed by atoms with Crippen LogP contribution in [-0.2, 0) is 53.4 Å². The first-order valence-electron chi connectivity index (χ1n) is 23.2. The van der Waals surface area contributed by atoms with Crippen molar-refractivity contribution in [2.45, 2.75) is 134 Å². The quantitative estimate of drug-likeness (QED) is 0.0292. The molecule has 0 spiro atoms. The summed E-state index contributed by atoms with van der Waals surface area (Å²) < 4.78 is 5.26. The maximum Gasteiger partial charge on any atom is 0.326 e. The van der Waals surface area contributed by atoms with Gasteiger partial charge in [0.05, 0.1) is 12.6 Å². The van der Waals surface area contributed by atoms with Gasteiger partial charge in [-0.1, -0.05) is 91.0 Å². The van der Waals surface area contributed by atoms with Crippen LogP contribution < -0.4 is 48.7 Å². The molecule has 3 rings (SSSR count). The van der Waals surface area contributed by atoms with Gasteiger partial charge in [0.1, 0.15) is 41.3 Å². The van der Waals surface area contributed by atoms with Crippen LogP contribution in [0.4, 0.5) is 0 Å². The predicted molar refractivity (Wildman–Crippen MR) is 260 cm³/mol. The molecular formula is C50H69N9O11. The largest absolute Gasteiger partial charge is 0.480 e. The number of carbonyl (C=O) groups is 9. The van der Waals surface area contributed by atoms with Gasteiger partial charge in [0.15, 0.2) is 0 Å². The topological polar surface area (TPSA) is 319 Å². The molecule has 0 radical (unpaired) electrons. The number of nitrogens with one attached hydrogen (secondary N) is 7. The summed E-state index contributed by atoms with van der Waals surface area (Å²) in [5, 5.41) is 27.4. The molecule has 3 aromatic rings. The van der Waals surface area contributed by atoms with Gasteiger partial charge in [-0.05, 0) is 96.9 Å². The van der Waals surface area contributed by atoms with Crippen LogP contribution in [-0.4, -0.2) is 113 Å². The van der Waals surface area contributed by atoms with E-state index in [0.717, 1.165) is 16.7 Å². The van der Waals surface area contributed by atoms with Crippen LogP contribution in [0.5, 0.6) is 0 Å². The highest BCUT2D eigenvalue weighted by Gasteiger charge is 2.38. The number of aliphatic carboxylic acids is 1. The zero-order valence-corrected chi connectivity index (χ0v) is 40.7. The summed E-state index contributed by atoms with van der Waals surface area (Å²) in [4.78, 5) is 117. The summed E-state index contributed by atoms with van der Waals surface area (Å²) >= 11 is 0. The van der Waals surface area contributed by atoms with Crippen LogP contribution in [0, 0.1) is 0 Å². The number of hydrogen-bond donors (Lipinski definition) is 10. The minimum Gasteiger partial charge on any atom is -0.480 e. The minimum absolute atomic E-state index is 0.0727. The maximum absolute atomic E-state index is 14.2.